The molecule has 0 unspecified atom stereocenters. The number of anilines is 3. The minimum absolute atomic E-state index is 0.878. The van der Waals surface area contributed by atoms with Crippen LogP contribution in [0.5, 0.6) is 0 Å². The Balaban J connectivity index is 1.23. The van der Waals surface area contributed by atoms with Gasteiger partial charge in [-0.05, 0) is 84.4 Å². The molecule has 0 atom stereocenters. The van der Waals surface area contributed by atoms with Gasteiger partial charge in [0.05, 0.1) is 22.1 Å². The van der Waals surface area contributed by atoms with Gasteiger partial charge in [-0.1, -0.05) is 103 Å². The Labute approximate surface area is 303 Å². The number of fused-ring (bicyclic) bond motifs is 9. The lowest BCUT2D eigenvalue weighted by molar-refractivity contribution is 0.670. The lowest BCUT2D eigenvalue weighted by Crippen LogP contribution is -2.10. The van der Waals surface area contributed by atoms with Crippen molar-refractivity contribution in [2.45, 2.75) is 0 Å². The highest BCUT2D eigenvalue weighted by atomic mass is 32.1. The summed E-state index contributed by atoms with van der Waals surface area (Å²) in [6.45, 7) is 0. The Morgan fingerprint density at radius 3 is 1.94 bits per heavy atom. The van der Waals surface area contributed by atoms with Gasteiger partial charge in [0.25, 0.3) is 0 Å². The zero-order chi connectivity index (χ0) is 34.2. The molecule has 3 aromatic heterocycles. The smallest absolute Gasteiger partial charge is 0.145 e. The van der Waals surface area contributed by atoms with Crippen molar-refractivity contribution in [1.29, 1.82) is 0 Å². The molecular formula is C48H30N2OS. The normalized spacial score (nSPS) is 11.8. The maximum absolute atomic E-state index is 6.77. The number of benzene rings is 8. The molecule has 0 saturated carbocycles. The predicted molar refractivity (Wildman–Crippen MR) is 221 cm³/mol. The highest BCUT2D eigenvalue weighted by molar-refractivity contribution is 7.25. The van der Waals surface area contributed by atoms with E-state index in [2.05, 4.69) is 191 Å². The summed E-state index contributed by atoms with van der Waals surface area (Å²) in [6.07, 6.45) is 0. The van der Waals surface area contributed by atoms with Crippen LogP contribution in [0.4, 0.5) is 17.1 Å². The molecule has 11 rings (SSSR count). The third-order valence-electron chi connectivity index (χ3n) is 10.4. The van der Waals surface area contributed by atoms with Crippen molar-refractivity contribution in [3.05, 3.63) is 182 Å². The van der Waals surface area contributed by atoms with Crippen LogP contribution in [-0.4, -0.2) is 4.57 Å². The van der Waals surface area contributed by atoms with Crippen LogP contribution in [0.3, 0.4) is 0 Å². The first-order chi connectivity index (χ1) is 25.8. The Bertz CT molecular complexity index is 3130. The molecule has 52 heavy (non-hydrogen) atoms. The van der Waals surface area contributed by atoms with Crippen LogP contribution in [0.15, 0.2) is 186 Å². The molecule has 0 aliphatic carbocycles. The highest BCUT2D eigenvalue weighted by Crippen LogP contribution is 2.48. The molecule has 0 bridgehead atoms. The minimum Gasteiger partial charge on any atom is -0.455 e. The Morgan fingerprint density at radius 2 is 1.10 bits per heavy atom. The Hall–Kier alpha value is -6.62. The molecule has 0 aliphatic rings. The van der Waals surface area contributed by atoms with E-state index in [-0.39, 0.29) is 0 Å². The van der Waals surface area contributed by atoms with Crippen LogP contribution in [0, 0.1) is 0 Å². The first kappa shape index (κ1) is 29.1. The molecule has 11 aromatic rings. The Morgan fingerprint density at radius 1 is 0.462 bits per heavy atom. The third-order valence-corrected chi connectivity index (χ3v) is 11.5. The molecular weight excluding hydrogens is 653 g/mol. The summed E-state index contributed by atoms with van der Waals surface area (Å²) >= 11 is 1.85. The number of hydrogen-bond acceptors (Lipinski definition) is 3. The highest BCUT2D eigenvalue weighted by Gasteiger charge is 2.24. The lowest BCUT2D eigenvalue weighted by Gasteiger charge is -2.27. The van der Waals surface area contributed by atoms with Crippen LogP contribution in [0.1, 0.15) is 0 Å². The number of nitrogens with zero attached hydrogens (tertiary/aromatic N) is 2. The number of para-hydroxylation sites is 3. The van der Waals surface area contributed by atoms with Gasteiger partial charge in [0.2, 0.25) is 0 Å². The van der Waals surface area contributed by atoms with E-state index in [4.69, 9.17) is 4.42 Å². The second-order valence-corrected chi connectivity index (χ2v) is 14.4. The third kappa shape index (κ3) is 4.38. The van der Waals surface area contributed by atoms with Crippen molar-refractivity contribution in [3.8, 4) is 16.8 Å². The van der Waals surface area contributed by atoms with Crippen molar-refractivity contribution in [3.63, 3.8) is 0 Å². The van der Waals surface area contributed by atoms with E-state index in [1.807, 2.05) is 11.3 Å². The summed E-state index contributed by atoms with van der Waals surface area (Å²) < 4.78 is 11.7. The fraction of sp³-hybridized carbons (Fsp3) is 0. The maximum atomic E-state index is 6.77. The average Bonchev–Trinajstić information content (AvgIpc) is 3.88. The van der Waals surface area contributed by atoms with Gasteiger partial charge in [-0.2, -0.15) is 0 Å². The van der Waals surface area contributed by atoms with Gasteiger partial charge in [-0.25, -0.2) is 0 Å². The standard InChI is InChI=1S/C48H30N2OS/c1-3-13-31(14-4-1)35-25-27-43(47-38-19-8-11-21-44(38)51-48(35)47)49(34-24-28-46-40(30-34)37-18-9-12-22-45(37)52-46)33-23-26-42-39(29-33)36-17-7-10-20-41(36)50(42)32-15-5-2-6-16-32/h1-30H. The van der Waals surface area contributed by atoms with Gasteiger partial charge in [0.1, 0.15) is 11.2 Å². The molecule has 0 spiro atoms. The maximum Gasteiger partial charge on any atom is 0.145 e. The summed E-state index contributed by atoms with van der Waals surface area (Å²) in [6, 6.07) is 65.4. The number of aromatic nitrogens is 1. The summed E-state index contributed by atoms with van der Waals surface area (Å²) in [5, 5.41) is 7.17. The topological polar surface area (TPSA) is 21.3 Å². The summed E-state index contributed by atoms with van der Waals surface area (Å²) in [7, 11) is 0. The van der Waals surface area contributed by atoms with Crippen LogP contribution >= 0.6 is 11.3 Å². The number of furan rings is 1. The molecule has 3 nitrogen and oxygen atoms in total. The zero-order valence-electron chi connectivity index (χ0n) is 28.0. The van der Waals surface area contributed by atoms with E-state index in [1.54, 1.807) is 0 Å². The molecule has 3 heterocycles. The van der Waals surface area contributed by atoms with E-state index >= 15 is 0 Å². The van der Waals surface area contributed by atoms with Crippen LogP contribution in [0.25, 0.3) is 80.7 Å². The molecule has 0 aliphatic heterocycles. The van der Waals surface area contributed by atoms with Crippen molar-refractivity contribution in [2.24, 2.45) is 0 Å². The van der Waals surface area contributed by atoms with Crippen molar-refractivity contribution in [1.82, 2.24) is 4.57 Å². The predicted octanol–water partition coefficient (Wildman–Crippen LogP) is 14.2. The monoisotopic (exact) mass is 682 g/mol. The summed E-state index contributed by atoms with van der Waals surface area (Å²) in [5.41, 5.74) is 10.7. The molecule has 4 heteroatoms. The van der Waals surface area contributed by atoms with Gasteiger partial charge >= 0.3 is 0 Å². The molecule has 8 aromatic carbocycles. The summed E-state index contributed by atoms with van der Waals surface area (Å²) in [4.78, 5) is 2.43. The van der Waals surface area contributed by atoms with E-state index in [1.165, 1.54) is 42.0 Å². The van der Waals surface area contributed by atoms with E-state index in [9.17, 15) is 0 Å². The van der Waals surface area contributed by atoms with E-state index in [0.717, 1.165) is 55.8 Å². The molecule has 0 amide bonds. The number of hydrogen-bond donors (Lipinski definition) is 0. The van der Waals surface area contributed by atoms with Gasteiger partial charge in [0.15, 0.2) is 0 Å². The fourth-order valence-corrected chi connectivity index (χ4v) is 9.16. The summed E-state index contributed by atoms with van der Waals surface area (Å²) in [5.74, 6) is 0. The quantitative estimate of drug-likeness (QED) is 0.180. The Kier molecular flexibility index (Phi) is 6.42. The first-order valence-corrected chi connectivity index (χ1v) is 18.4. The van der Waals surface area contributed by atoms with Gasteiger partial charge in [-0.15, -0.1) is 11.3 Å². The van der Waals surface area contributed by atoms with Gasteiger partial charge in [0, 0.05) is 59.0 Å². The van der Waals surface area contributed by atoms with E-state index in [0.29, 0.717) is 0 Å². The lowest BCUT2D eigenvalue weighted by atomic mass is 9.99. The van der Waals surface area contributed by atoms with Crippen LogP contribution < -0.4 is 4.90 Å². The molecule has 244 valence electrons. The second kappa shape index (κ2) is 11.5. The van der Waals surface area contributed by atoms with E-state index < -0.39 is 0 Å². The first-order valence-electron chi connectivity index (χ1n) is 17.6. The van der Waals surface area contributed by atoms with Crippen molar-refractivity contribution < 1.29 is 4.42 Å². The van der Waals surface area contributed by atoms with Crippen molar-refractivity contribution in [2.75, 3.05) is 4.90 Å². The van der Waals surface area contributed by atoms with Crippen LogP contribution in [0.2, 0.25) is 0 Å². The fourth-order valence-electron chi connectivity index (χ4n) is 8.08. The SMILES string of the molecule is c1ccc(-c2ccc(N(c3ccc4sc5ccccc5c4c3)c3ccc4c(c3)c3ccccc3n4-c3ccccc3)c3c2oc2ccccc23)cc1. The average molecular weight is 683 g/mol. The van der Waals surface area contributed by atoms with Crippen LogP contribution in [-0.2, 0) is 0 Å². The molecule has 0 N–H and O–H groups in total. The largest absolute Gasteiger partial charge is 0.455 e. The zero-order valence-corrected chi connectivity index (χ0v) is 28.8. The van der Waals surface area contributed by atoms with Gasteiger partial charge in [-0.3, -0.25) is 0 Å². The minimum atomic E-state index is 0.878. The molecule has 0 fully saturated rings. The second-order valence-electron chi connectivity index (χ2n) is 13.3. The van der Waals surface area contributed by atoms with Gasteiger partial charge < -0.3 is 13.9 Å². The number of rotatable bonds is 5. The molecule has 0 radical (unpaired) electrons. The van der Waals surface area contributed by atoms with Crippen molar-refractivity contribution >= 4 is 92.3 Å². The molecule has 0 saturated heterocycles. The number of thiophene rings is 1.